The lowest BCUT2D eigenvalue weighted by atomic mass is 9.81. The summed E-state index contributed by atoms with van der Waals surface area (Å²) in [5, 5.41) is 0. The predicted octanol–water partition coefficient (Wildman–Crippen LogP) is 8.69. The zero-order chi connectivity index (χ0) is 24.7. The Hall–Kier alpha value is -3.26. The molecule has 0 bridgehead atoms. The maximum absolute atomic E-state index is 5.17. The second-order valence-corrected chi connectivity index (χ2v) is 11.5. The molecule has 0 radical (unpaired) electrons. The molecule has 0 aliphatic heterocycles. The van der Waals surface area contributed by atoms with Crippen molar-refractivity contribution in [3.05, 3.63) is 95.2 Å². The number of pyridine rings is 2. The molecule has 2 aromatic carbocycles. The zero-order valence-electron chi connectivity index (χ0n) is 21.8. The van der Waals surface area contributed by atoms with E-state index in [1.54, 1.807) is 0 Å². The molecule has 0 atom stereocenters. The van der Waals surface area contributed by atoms with Crippen LogP contribution in [0.4, 0.5) is 0 Å². The first-order valence-electron chi connectivity index (χ1n) is 12.1. The molecule has 4 rings (SSSR count). The van der Waals surface area contributed by atoms with E-state index in [0.717, 1.165) is 28.2 Å². The summed E-state index contributed by atoms with van der Waals surface area (Å²) in [5.41, 5.74) is 11.6. The third kappa shape index (κ3) is 5.12. The Bertz CT molecular complexity index is 1320. The minimum absolute atomic E-state index is 0.00611. The van der Waals surface area contributed by atoms with Gasteiger partial charge in [-0.1, -0.05) is 77.9 Å². The van der Waals surface area contributed by atoms with Gasteiger partial charge < -0.3 is 0 Å². The van der Waals surface area contributed by atoms with E-state index in [0.29, 0.717) is 0 Å². The summed E-state index contributed by atoms with van der Waals surface area (Å²) in [6, 6.07) is 24.1. The van der Waals surface area contributed by atoms with Gasteiger partial charge in [0.25, 0.3) is 0 Å². The molecule has 174 valence electrons. The number of nitrogens with zero attached hydrogens (tertiary/aromatic N) is 2. The van der Waals surface area contributed by atoms with E-state index in [4.69, 9.17) is 4.98 Å². The average molecular weight is 449 g/mol. The van der Waals surface area contributed by atoms with Gasteiger partial charge in [0.15, 0.2) is 0 Å². The Balaban J connectivity index is 1.86. The first-order chi connectivity index (χ1) is 15.9. The molecular weight excluding hydrogens is 412 g/mol. The summed E-state index contributed by atoms with van der Waals surface area (Å²) in [6.45, 7) is 17.8. The fourth-order valence-electron chi connectivity index (χ4n) is 4.36. The van der Waals surface area contributed by atoms with Crippen LogP contribution in [0.1, 0.15) is 63.8 Å². The molecule has 2 aromatic heterocycles. The molecule has 0 amide bonds. The number of hydrogen-bond donors (Lipinski definition) is 0. The van der Waals surface area contributed by atoms with Crippen LogP contribution in [0.5, 0.6) is 0 Å². The third-order valence-corrected chi connectivity index (χ3v) is 6.33. The molecule has 0 unspecified atom stereocenters. The Morgan fingerprint density at radius 2 is 1.18 bits per heavy atom. The van der Waals surface area contributed by atoms with Gasteiger partial charge in [0.2, 0.25) is 0 Å². The van der Waals surface area contributed by atoms with Gasteiger partial charge in [-0.3, -0.25) is 4.98 Å². The van der Waals surface area contributed by atoms with Crippen LogP contribution >= 0.6 is 0 Å². The first-order valence-corrected chi connectivity index (χ1v) is 12.1. The van der Waals surface area contributed by atoms with Gasteiger partial charge in [0.1, 0.15) is 0 Å². The number of benzene rings is 2. The second-order valence-electron chi connectivity index (χ2n) is 11.5. The van der Waals surface area contributed by atoms with Crippen molar-refractivity contribution in [2.75, 3.05) is 0 Å². The van der Waals surface area contributed by atoms with Crippen molar-refractivity contribution in [2.24, 2.45) is 0 Å². The number of aromatic nitrogens is 2. The van der Waals surface area contributed by atoms with Gasteiger partial charge >= 0.3 is 0 Å². The maximum atomic E-state index is 5.17. The van der Waals surface area contributed by atoms with E-state index in [1.165, 1.54) is 27.8 Å². The van der Waals surface area contributed by atoms with Crippen molar-refractivity contribution in [3.63, 3.8) is 0 Å². The molecule has 2 nitrogen and oxygen atoms in total. The zero-order valence-corrected chi connectivity index (χ0v) is 21.8. The van der Waals surface area contributed by atoms with E-state index in [1.807, 2.05) is 12.3 Å². The molecule has 34 heavy (non-hydrogen) atoms. The molecule has 4 aromatic rings. The number of aryl methyl sites for hydroxylation is 2. The van der Waals surface area contributed by atoms with Crippen LogP contribution in [0.2, 0.25) is 0 Å². The fraction of sp³-hybridized carbons (Fsp3) is 0.312. The molecule has 0 fully saturated rings. The van der Waals surface area contributed by atoms with Crippen molar-refractivity contribution in [2.45, 2.75) is 66.2 Å². The standard InChI is InChI=1S/C32H36N2/c1-21-15-16-33-28(17-21)24-11-14-27(32(6,7)8)26(20-24)30-19-22(2)18-29(34-30)23-9-12-25(13-10-23)31(3,4)5/h9-20H,1-8H3. The van der Waals surface area contributed by atoms with Crippen molar-refractivity contribution in [1.29, 1.82) is 0 Å². The SMILES string of the molecule is Cc1ccnc(-c2ccc(C(C)(C)C)c(-c3cc(C)cc(-c4ccc(C(C)(C)C)cc4)n3)c2)c1. The van der Waals surface area contributed by atoms with Gasteiger partial charge in [-0.15, -0.1) is 0 Å². The van der Waals surface area contributed by atoms with Crippen molar-refractivity contribution < 1.29 is 0 Å². The van der Waals surface area contributed by atoms with E-state index in [2.05, 4.69) is 121 Å². The lowest BCUT2D eigenvalue weighted by Gasteiger charge is -2.24. The highest BCUT2D eigenvalue weighted by molar-refractivity contribution is 5.75. The van der Waals surface area contributed by atoms with Gasteiger partial charge in [0, 0.05) is 22.9 Å². The molecule has 0 spiro atoms. The topological polar surface area (TPSA) is 25.8 Å². The molecule has 0 aliphatic carbocycles. The molecule has 0 saturated carbocycles. The number of rotatable bonds is 3. The van der Waals surface area contributed by atoms with E-state index in [-0.39, 0.29) is 10.8 Å². The van der Waals surface area contributed by atoms with Crippen LogP contribution < -0.4 is 0 Å². The summed E-state index contributed by atoms with van der Waals surface area (Å²) in [5.74, 6) is 0. The predicted molar refractivity (Wildman–Crippen MR) is 145 cm³/mol. The molecule has 0 aliphatic rings. The Labute approximate surface area is 205 Å². The van der Waals surface area contributed by atoms with E-state index in [9.17, 15) is 0 Å². The Kier molecular flexibility index (Phi) is 6.20. The third-order valence-electron chi connectivity index (χ3n) is 6.33. The largest absolute Gasteiger partial charge is 0.256 e. The van der Waals surface area contributed by atoms with Gasteiger partial charge in [-0.05, 0) is 77.3 Å². The summed E-state index contributed by atoms with van der Waals surface area (Å²) in [7, 11) is 0. The molecule has 2 heterocycles. The van der Waals surface area contributed by atoms with E-state index < -0.39 is 0 Å². The lowest BCUT2D eigenvalue weighted by Crippen LogP contribution is -2.13. The summed E-state index contributed by atoms with van der Waals surface area (Å²) in [4.78, 5) is 9.80. The minimum atomic E-state index is -0.00611. The highest BCUT2D eigenvalue weighted by Gasteiger charge is 2.21. The normalized spacial score (nSPS) is 12.1. The minimum Gasteiger partial charge on any atom is -0.256 e. The molecule has 0 N–H and O–H groups in total. The summed E-state index contributed by atoms with van der Waals surface area (Å²) >= 11 is 0. The van der Waals surface area contributed by atoms with Crippen molar-refractivity contribution in [3.8, 4) is 33.8 Å². The van der Waals surface area contributed by atoms with Crippen molar-refractivity contribution >= 4 is 0 Å². The van der Waals surface area contributed by atoms with Crippen molar-refractivity contribution in [1.82, 2.24) is 9.97 Å². The number of hydrogen-bond acceptors (Lipinski definition) is 2. The maximum Gasteiger partial charge on any atom is 0.0715 e. The summed E-state index contributed by atoms with van der Waals surface area (Å²) in [6.07, 6.45) is 1.88. The Morgan fingerprint density at radius 3 is 1.79 bits per heavy atom. The van der Waals surface area contributed by atoms with Crippen LogP contribution in [0.25, 0.3) is 33.8 Å². The quantitative estimate of drug-likeness (QED) is 0.313. The van der Waals surface area contributed by atoms with Gasteiger partial charge in [-0.25, -0.2) is 4.98 Å². The first kappa shape index (κ1) is 23.9. The highest BCUT2D eigenvalue weighted by Crippen LogP contribution is 2.36. The average Bonchev–Trinajstić information content (AvgIpc) is 2.77. The van der Waals surface area contributed by atoms with Crippen LogP contribution in [-0.4, -0.2) is 9.97 Å². The smallest absolute Gasteiger partial charge is 0.0715 e. The molecular formula is C32H36N2. The molecule has 0 saturated heterocycles. The van der Waals surface area contributed by atoms with Crippen LogP contribution in [0.15, 0.2) is 72.9 Å². The van der Waals surface area contributed by atoms with Crippen LogP contribution in [0, 0.1) is 13.8 Å². The second kappa shape index (κ2) is 8.83. The fourth-order valence-corrected chi connectivity index (χ4v) is 4.36. The Morgan fingerprint density at radius 1 is 0.559 bits per heavy atom. The van der Waals surface area contributed by atoms with Crippen LogP contribution in [-0.2, 0) is 10.8 Å². The highest BCUT2D eigenvalue weighted by atomic mass is 14.7. The lowest BCUT2D eigenvalue weighted by molar-refractivity contribution is 0.590. The monoisotopic (exact) mass is 448 g/mol. The summed E-state index contributed by atoms with van der Waals surface area (Å²) < 4.78 is 0. The molecule has 2 heteroatoms. The van der Waals surface area contributed by atoms with E-state index >= 15 is 0 Å². The van der Waals surface area contributed by atoms with Gasteiger partial charge in [0.05, 0.1) is 17.1 Å². The van der Waals surface area contributed by atoms with Crippen LogP contribution in [0.3, 0.4) is 0 Å². The van der Waals surface area contributed by atoms with Gasteiger partial charge in [-0.2, -0.15) is 0 Å².